The van der Waals surface area contributed by atoms with Gasteiger partial charge in [-0.1, -0.05) is 11.6 Å². The predicted octanol–water partition coefficient (Wildman–Crippen LogP) is 2.35. The molecule has 4 rings (SSSR count). The van der Waals surface area contributed by atoms with Crippen LogP contribution in [0.15, 0.2) is 41.7 Å². The minimum absolute atomic E-state index is 0.00829. The van der Waals surface area contributed by atoms with Crippen molar-refractivity contribution >= 4 is 17.3 Å². The number of nitrogens with one attached hydrogen (secondary N) is 1. The average molecular weight is 399 g/mol. The predicted molar refractivity (Wildman–Crippen MR) is 102 cm³/mol. The summed E-state index contributed by atoms with van der Waals surface area (Å²) in [7, 11) is 0. The molecule has 0 amide bonds. The van der Waals surface area contributed by atoms with E-state index in [9.17, 15) is 14.9 Å². The van der Waals surface area contributed by atoms with E-state index in [1.165, 1.54) is 24.5 Å². The average Bonchev–Trinajstić information content (AvgIpc) is 2.70. The van der Waals surface area contributed by atoms with E-state index in [1.54, 1.807) is 12.4 Å². The number of non-ortho nitro benzene ring substituents is 1. The summed E-state index contributed by atoms with van der Waals surface area (Å²) < 4.78 is 0. The minimum atomic E-state index is -0.450. The first-order valence-corrected chi connectivity index (χ1v) is 8.91. The number of benzene rings is 1. The Morgan fingerprint density at radius 3 is 2.82 bits per heavy atom. The maximum absolute atomic E-state index is 12.6. The zero-order valence-corrected chi connectivity index (χ0v) is 15.4. The first kappa shape index (κ1) is 18.2. The monoisotopic (exact) mass is 398 g/mol. The molecule has 1 aliphatic rings. The number of nitro groups is 1. The number of nitrogens with zero attached hydrogens (tertiary/aromatic N) is 5. The molecule has 0 atom stereocenters. The van der Waals surface area contributed by atoms with Crippen LogP contribution < -0.4 is 5.56 Å². The third-order valence-electron chi connectivity index (χ3n) is 4.62. The van der Waals surface area contributed by atoms with Crippen molar-refractivity contribution in [3.63, 3.8) is 0 Å². The molecule has 9 nitrogen and oxygen atoms in total. The topological polar surface area (TPSA) is 118 Å². The van der Waals surface area contributed by atoms with Crippen LogP contribution in [-0.4, -0.2) is 36.3 Å². The van der Waals surface area contributed by atoms with Crippen LogP contribution in [0.4, 0.5) is 5.69 Å². The molecular weight excluding hydrogens is 384 g/mol. The molecular formula is C18H15ClN6O3. The van der Waals surface area contributed by atoms with E-state index < -0.39 is 4.92 Å². The van der Waals surface area contributed by atoms with Crippen LogP contribution in [0, 0.1) is 10.1 Å². The van der Waals surface area contributed by atoms with Crippen molar-refractivity contribution in [3.8, 4) is 11.4 Å². The lowest BCUT2D eigenvalue weighted by Gasteiger charge is -2.28. The van der Waals surface area contributed by atoms with Crippen molar-refractivity contribution in [2.75, 3.05) is 6.54 Å². The van der Waals surface area contributed by atoms with Gasteiger partial charge in [-0.05, 0) is 11.6 Å². The Morgan fingerprint density at radius 1 is 1.29 bits per heavy atom. The van der Waals surface area contributed by atoms with Gasteiger partial charge < -0.3 is 4.98 Å². The Kier molecular flexibility index (Phi) is 4.84. The first-order chi connectivity index (χ1) is 13.5. The van der Waals surface area contributed by atoms with Crippen LogP contribution in [0.2, 0.25) is 5.02 Å². The van der Waals surface area contributed by atoms with Gasteiger partial charge in [0.05, 0.1) is 21.7 Å². The van der Waals surface area contributed by atoms with Crippen LogP contribution in [-0.2, 0) is 19.5 Å². The van der Waals surface area contributed by atoms with Crippen molar-refractivity contribution in [1.29, 1.82) is 0 Å². The van der Waals surface area contributed by atoms with Crippen molar-refractivity contribution in [3.05, 3.63) is 79.2 Å². The van der Waals surface area contributed by atoms with Gasteiger partial charge in [0.2, 0.25) is 0 Å². The summed E-state index contributed by atoms with van der Waals surface area (Å²) in [4.78, 5) is 40.4. The number of H-pyrrole nitrogens is 1. The lowest BCUT2D eigenvalue weighted by atomic mass is 10.1. The normalized spacial score (nSPS) is 13.9. The summed E-state index contributed by atoms with van der Waals surface area (Å²) in [5, 5.41) is 11.5. The minimum Gasteiger partial charge on any atom is -0.306 e. The largest absolute Gasteiger partial charge is 0.306 e. The van der Waals surface area contributed by atoms with E-state index in [0.717, 1.165) is 5.69 Å². The highest BCUT2D eigenvalue weighted by molar-refractivity contribution is 6.31. The molecule has 28 heavy (non-hydrogen) atoms. The van der Waals surface area contributed by atoms with Gasteiger partial charge in [-0.15, -0.1) is 0 Å². The molecule has 0 radical (unpaired) electrons. The summed E-state index contributed by atoms with van der Waals surface area (Å²) in [6.45, 7) is 1.46. The Bertz CT molecular complexity index is 1100. The molecule has 0 saturated heterocycles. The molecule has 0 fully saturated rings. The molecule has 1 aliphatic heterocycles. The number of nitro benzene ring substituents is 1. The zero-order valence-electron chi connectivity index (χ0n) is 14.6. The lowest BCUT2D eigenvalue weighted by molar-refractivity contribution is -0.384. The third-order valence-corrected chi connectivity index (χ3v) is 4.98. The van der Waals surface area contributed by atoms with Crippen molar-refractivity contribution in [1.82, 2.24) is 24.8 Å². The third kappa shape index (κ3) is 3.62. The fraction of sp³-hybridized carbons (Fsp3) is 0.222. The molecule has 10 heteroatoms. The highest BCUT2D eigenvalue weighted by Gasteiger charge is 2.23. The van der Waals surface area contributed by atoms with E-state index in [0.29, 0.717) is 53.6 Å². The molecule has 0 spiro atoms. The second-order valence-electron chi connectivity index (χ2n) is 6.46. The fourth-order valence-electron chi connectivity index (χ4n) is 3.21. The van der Waals surface area contributed by atoms with Crippen LogP contribution in [0.25, 0.3) is 11.4 Å². The second-order valence-corrected chi connectivity index (χ2v) is 6.87. The molecule has 0 aliphatic carbocycles. The standard InChI is InChI=1S/C18H15ClN6O3/c19-15-2-1-13(25(27)28)5-11(15)8-24-4-3-16-14(9-24)18(26)23-17(22-16)12-6-20-10-21-7-12/h1-2,5-7,10H,3-4,8-9H2,(H,22,23,26). The molecule has 1 N–H and O–H groups in total. The smallest absolute Gasteiger partial charge is 0.269 e. The summed E-state index contributed by atoms with van der Waals surface area (Å²) >= 11 is 6.20. The summed E-state index contributed by atoms with van der Waals surface area (Å²) in [5.74, 6) is 0.444. The van der Waals surface area contributed by atoms with Crippen LogP contribution >= 0.6 is 11.6 Å². The Labute approximate surface area is 164 Å². The number of aromatic amines is 1. The Morgan fingerprint density at radius 2 is 2.07 bits per heavy atom. The van der Waals surface area contributed by atoms with Gasteiger partial charge in [0.25, 0.3) is 11.2 Å². The van der Waals surface area contributed by atoms with Gasteiger partial charge in [-0.25, -0.2) is 15.0 Å². The number of fused-ring (bicyclic) bond motifs is 1. The molecule has 0 unspecified atom stereocenters. The number of rotatable bonds is 4. The van der Waals surface area contributed by atoms with Crippen LogP contribution in [0.1, 0.15) is 16.8 Å². The number of aromatic nitrogens is 4. The zero-order chi connectivity index (χ0) is 19.7. The maximum Gasteiger partial charge on any atom is 0.269 e. The highest BCUT2D eigenvalue weighted by atomic mass is 35.5. The van der Waals surface area contributed by atoms with Crippen molar-refractivity contribution in [2.45, 2.75) is 19.5 Å². The van der Waals surface area contributed by atoms with Crippen LogP contribution in [0.3, 0.4) is 0 Å². The van der Waals surface area contributed by atoms with Gasteiger partial charge in [0.15, 0.2) is 0 Å². The second kappa shape index (κ2) is 7.45. The van der Waals surface area contributed by atoms with E-state index in [4.69, 9.17) is 11.6 Å². The van der Waals surface area contributed by atoms with Gasteiger partial charge in [-0.2, -0.15) is 0 Å². The number of halogens is 1. The molecule has 0 bridgehead atoms. The quantitative estimate of drug-likeness (QED) is 0.529. The Balaban J connectivity index is 1.58. The molecule has 142 valence electrons. The van der Waals surface area contributed by atoms with E-state index >= 15 is 0 Å². The van der Waals surface area contributed by atoms with E-state index in [1.807, 2.05) is 4.90 Å². The summed E-state index contributed by atoms with van der Waals surface area (Å²) in [5.41, 5.74) is 2.41. The lowest BCUT2D eigenvalue weighted by Crippen LogP contribution is -2.35. The molecule has 3 aromatic rings. The van der Waals surface area contributed by atoms with Gasteiger partial charge >= 0.3 is 0 Å². The van der Waals surface area contributed by atoms with Crippen molar-refractivity contribution < 1.29 is 4.92 Å². The maximum atomic E-state index is 12.6. The molecule has 3 heterocycles. The molecule has 2 aromatic heterocycles. The van der Waals surface area contributed by atoms with E-state index in [2.05, 4.69) is 19.9 Å². The van der Waals surface area contributed by atoms with Gasteiger partial charge in [0.1, 0.15) is 12.2 Å². The van der Waals surface area contributed by atoms with Gasteiger partial charge in [-0.3, -0.25) is 19.8 Å². The molecule has 0 saturated carbocycles. The summed E-state index contributed by atoms with van der Waals surface area (Å²) in [6.07, 6.45) is 5.19. The fourth-order valence-corrected chi connectivity index (χ4v) is 3.39. The first-order valence-electron chi connectivity index (χ1n) is 8.54. The van der Waals surface area contributed by atoms with E-state index in [-0.39, 0.29) is 11.2 Å². The SMILES string of the molecule is O=c1[nH]c(-c2cncnc2)nc2c1CN(Cc1cc([N+](=O)[O-])ccc1Cl)CC2. The van der Waals surface area contributed by atoms with Gasteiger partial charge in [0, 0.05) is 55.6 Å². The molecule has 1 aromatic carbocycles. The Hall–Kier alpha value is -3.17. The number of hydrogen-bond donors (Lipinski definition) is 1. The van der Waals surface area contributed by atoms with Crippen LogP contribution in [0.5, 0.6) is 0 Å². The van der Waals surface area contributed by atoms with Crippen molar-refractivity contribution in [2.24, 2.45) is 0 Å². The highest BCUT2D eigenvalue weighted by Crippen LogP contribution is 2.25. The summed E-state index contributed by atoms with van der Waals surface area (Å²) in [6, 6.07) is 4.37. The number of hydrogen-bond acceptors (Lipinski definition) is 7.